The van der Waals surface area contributed by atoms with Crippen LogP contribution in [-0.4, -0.2) is 35.0 Å². The number of hydrogen-bond donors (Lipinski definition) is 3. The van der Waals surface area contributed by atoms with E-state index in [0.717, 1.165) is 6.26 Å². The molecule has 8 heteroatoms. The molecule has 0 saturated heterocycles. The third-order valence-electron chi connectivity index (χ3n) is 2.07. The SMILES string of the molecule is Cc1nc(OS(C)(=O)=O)c(CO)c(CO)c1O. The van der Waals surface area contributed by atoms with Crippen molar-refractivity contribution in [3.05, 3.63) is 16.8 Å². The lowest BCUT2D eigenvalue weighted by molar-refractivity contribution is 0.250. The molecule has 0 aliphatic carbocycles. The van der Waals surface area contributed by atoms with Crippen molar-refractivity contribution in [1.29, 1.82) is 0 Å². The van der Waals surface area contributed by atoms with Gasteiger partial charge in [-0.05, 0) is 6.92 Å². The molecule has 0 amide bonds. The van der Waals surface area contributed by atoms with Crippen molar-refractivity contribution >= 4 is 10.1 Å². The Morgan fingerprint density at radius 1 is 1.24 bits per heavy atom. The first kappa shape index (κ1) is 13.7. The Balaban J connectivity index is 3.45. The average Bonchev–Trinajstić information content (AvgIpc) is 2.20. The van der Waals surface area contributed by atoms with Crippen molar-refractivity contribution in [3.63, 3.8) is 0 Å². The van der Waals surface area contributed by atoms with E-state index in [1.54, 1.807) is 0 Å². The molecule has 1 rings (SSSR count). The van der Waals surface area contributed by atoms with Gasteiger partial charge in [-0.2, -0.15) is 8.42 Å². The van der Waals surface area contributed by atoms with E-state index in [2.05, 4.69) is 9.17 Å². The fourth-order valence-corrected chi connectivity index (χ4v) is 1.73. The van der Waals surface area contributed by atoms with E-state index in [0.29, 0.717) is 0 Å². The minimum atomic E-state index is -3.80. The quantitative estimate of drug-likeness (QED) is 0.622. The molecule has 0 atom stereocenters. The Hall–Kier alpha value is -1.38. The maximum Gasteiger partial charge on any atom is 0.307 e. The van der Waals surface area contributed by atoms with Crippen LogP contribution in [0.15, 0.2) is 0 Å². The Labute approximate surface area is 98.4 Å². The number of aromatic hydroxyl groups is 1. The highest BCUT2D eigenvalue weighted by molar-refractivity contribution is 7.86. The van der Waals surface area contributed by atoms with E-state index in [1.807, 2.05) is 0 Å². The van der Waals surface area contributed by atoms with Gasteiger partial charge in [-0.15, -0.1) is 0 Å². The molecule has 7 nitrogen and oxygen atoms in total. The van der Waals surface area contributed by atoms with Crippen molar-refractivity contribution in [3.8, 4) is 11.6 Å². The molecule has 0 aliphatic rings. The molecule has 0 fully saturated rings. The zero-order chi connectivity index (χ0) is 13.2. The highest BCUT2D eigenvalue weighted by Crippen LogP contribution is 2.31. The third kappa shape index (κ3) is 3.05. The molecule has 0 radical (unpaired) electrons. The van der Waals surface area contributed by atoms with E-state index < -0.39 is 23.3 Å². The fourth-order valence-electron chi connectivity index (χ4n) is 1.31. The molecule has 0 aromatic carbocycles. The number of nitrogens with zero attached hydrogens (tertiary/aromatic N) is 1. The van der Waals surface area contributed by atoms with Gasteiger partial charge >= 0.3 is 10.1 Å². The molecule has 3 N–H and O–H groups in total. The minimum absolute atomic E-state index is 0.00125. The van der Waals surface area contributed by atoms with Crippen LogP contribution in [0, 0.1) is 6.92 Å². The Kier molecular flexibility index (Phi) is 3.91. The van der Waals surface area contributed by atoms with E-state index in [-0.39, 0.29) is 28.5 Å². The Bertz CT molecular complexity index is 525. The van der Waals surface area contributed by atoms with Crippen LogP contribution in [0.3, 0.4) is 0 Å². The van der Waals surface area contributed by atoms with Gasteiger partial charge < -0.3 is 19.5 Å². The van der Waals surface area contributed by atoms with E-state index in [4.69, 9.17) is 10.2 Å². The average molecular weight is 263 g/mol. The number of hydrogen-bond acceptors (Lipinski definition) is 7. The van der Waals surface area contributed by atoms with Crippen LogP contribution in [0.25, 0.3) is 0 Å². The zero-order valence-corrected chi connectivity index (χ0v) is 10.2. The van der Waals surface area contributed by atoms with Crippen LogP contribution in [0.4, 0.5) is 0 Å². The molecule has 0 unspecified atom stereocenters. The number of aromatic nitrogens is 1. The van der Waals surface area contributed by atoms with Crippen LogP contribution in [0.2, 0.25) is 0 Å². The lowest BCUT2D eigenvalue weighted by atomic mass is 10.1. The lowest BCUT2D eigenvalue weighted by Crippen LogP contribution is -2.11. The summed E-state index contributed by atoms with van der Waals surface area (Å²) in [6.45, 7) is 0.248. The Morgan fingerprint density at radius 3 is 2.18 bits per heavy atom. The van der Waals surface area contributed by atoms with Crippen LogP contribution >= 0.6 is 0 Å². The number of aliphatic hydroxyl groups is 2. The summed E-state index contributed by atoms with van der Waals surface area (Å²) in [7, 11) is -3.80. The van der Waals surface area contributed by atoms with Gasteiger partial charge in [0.25, 0.3) is 0 Å². The van der Waals surface area contributed by atoms with Crippen LogP contribution in [0.5, 0.6) is 11.6 Å². The summed E-state index contributed by atoms with van der Waals surface area (Å²) in [4.78, 5) is 3.71. The number of aliphatic hydroxyl groups excluding tert-OH is 2. The summed E-state index contributed by atoms with van der Waals surface area (Å²) in [5.41, 5.74) is 0.0459. The summed E-state index contributed by atoms with van der Waals surface area (Å²) in [6.07, 6.45) is 0.830. The van der Waals surface area contributed by atoms with Gasteiger partial charge in [0, 0.05) is 5.56 Å². The van der Waals surface area contributed by atoms with E-state index in [1.165, 1.54) is 6.92 Å². The molecular formula is C9H13NO6S. The predicted molar refractivity (Wildman–Crippen MR) is 58.0 cm³/mol. The molecule has 0 aliphatic heterocycles. The minimum Gasteiger partial charge on any atom is -0.506 e. The lowest BCUT2D eigenvalue weighted by Gasteiger charge is -2.13. The van der Waals surface area contributed by atoms with Crippen molar-refractivity contribution in [2.75, 3.05) is 6.26 Å². The number of pyridine rings is 1. The van der Waals surface area contributed by atoms with Gasteiger partial charge in [-0.25, -0.2) is 4.98 Å². The zero-order valence-electron chi connectivity index (χ0n) is 9.34. The molecule has 17 heavy (non-hydrogen) atoms. The molecule has 1 heterocycles. The van der Waals surface area contributed by atoms with Crippen molar-refractivity contribution in [1.82, 2.24) is 4.98 Å². The second-order valence-corrected chi connectivity index (χ2v) is 4.99. The van der Waals surface area contributed by atoms with Gasteiger partial charge in [-0.3, -0.25) is 0 Å². The van der Waals surface area contributed by atoms with E-state index in [9.17, 15) is 13.5 Å². The summed E-state index contributed by atoms with van der Waals surface area (Å²) in [5.74, 6) is -0.633. The maximum absolute atomic E-state index is 11.0. The predicted octanol–water partition coefficient (Wildman–Crippen LogP) is -0.581. The van der Waals surface area contributed by atoms with Gasteiger partial charge in [0.05, 0.1) is 30.7 Å². The normalized spacial score (nSPS) is 11.5. The number of rotatable bonds is 4. The topological polar surface area (TPSA) is 117 Å². The van der Waals surface area contributed by atoms with Crippen molar-refractivity contribution < 1.29 is 27.9 Å². The summed E-state index contributed by atoms with van der Waals surface area (Å²) in [6, 6.07) is 0. The third-order valence-corrected chi connectivity index (χ3v) is 2.53. The maximum atomic E-state index is 11.0. The van der Waals surface area contributed by atoms with Gasteiger partial charge in [0.1, 0.15) is 5.75 Å². The highest BCUT2D eigenvalue weighted by Gasteiger charge is 2.20. The van der Waals surface area contributed by atoms with Gasteiger partial charge in [0.2, 0.25) is 5.88 Å². The van der Waals surface area contributed by atoms with E-state index >= 15 is 0 Å². The molecular weight excluding hydrogens is 250 g/mol. The van der Waals surface area contributed by atoms with Crippen molar-refractivity contribution in [2.24, 2.45) is 0 Å². The second kappa shape index (κ2) is 4.86. The first-order valence-corrected chi connectivity index (χ1v) is 6.44. The highest BCUT2D eigenvalue weighted by atomic mass is 32.2. The first-order chi connectivity index (χ1) is 7.80. The van der Waals surface area contributed by atoms with Crippen LogP contribution in [-0.2, 0) is 23.3 Å². The van der Waals surface area contributed by atoms with Crippen molar-refractivity contribution in [2.45, 2.75) is 20.1 Å². The molecule has 1 aromatic heterocycles. The molecule has 0 saturated carbocycles. The monoisotopic (exact) mass is 263 g/mol. The molecule has 0 spiro atoms. The molecule has 1 aromatic rings. The summed E-state index contributed by atoms with van der Waals surface area (Å²) < 4.78 is 26.6. The Morgan fingerprint density at radius 2 is 1.76 bits per heavy atom. The fraction of sp³-hybridized carbons (Fsp3) is 0.444. The standard InChI is InChI=1S/C9H13NO6S/c1-5-8(13)6(3-11)7(4-12)9(10-5)16-17(2,14)15/h11-13H,3-4H2,1-2H3. The molecule has 0 bridgehead atoms. The van der Waals surface area contributed by atoms with Gasteiger partial charge in [-0.1, -0.05) is 0 Å². The van der Waals surface area contributed by atoms with Crippen LogP contribution in [0.1, 0.15) is 16.8 Å². The van der Waals surface area contributed by atoms with Gasteiger partial charge in [0.15, 0.2) is 0 Å². The summed E-state index contributed by atoms with van der Waals surface area (Å²) >= 11 is 0. The smallest absolute Gasteiger partial charge is 0.307 e. The second-order valence-electron chi connectivity index (χ2n) is 3.41. The van der Waals surface area contributed by atoms with Crippen LogP contribution < -0.4 is 4.18 Å². The summed E-state index contributed by atoms with van der Waals surface area (Å²) in [5, 5.41) is 27.8. The number of aryl methyl sites for hydroxylation is 1. The molecule has 96 valence electrons. The largest absolute Gasteiger partial charge is 0.506 e. The first-order valence-electron chi connectivity index (χ1n) is 4.62.